The lowest BCUT2D eigenvalue weighted by Gasteiger charge is -2.16. The van der Waals surface area contributed by atoms with E-state index in [9.17, 15) is 4.79 Å². The van der Waals surface area contributed by atoms with E-state index in [2.05, 4.69) is 65.3 Å². The second-order valence-electron chi connectivity index (χ2n) is 8.24. The highest BCUT2D eigenvalue weighted by Crippen LogP contribution is 2.29. The van der Waals surface area contributed by atoms with Crippen LogP contribution in [0, 0.1) is 20.8 Å². The topological polar surface area (TPSA) is 59.8 Å². The second-order valence-corrected chi connectivity index (χ2v) is 9.15. The minimum atomic E-state index is -0.164. The molecule has 1 N–H and O–H groups in total. The Bertz CT molecular complexity index is 1330. The van der Waals surface area contributed by atoms with E-state index in [0.29, 0.717) is 5.56 Å². The van der Waals surface area contributed by atoms with Gasteiger partial charge in [-0.1, -0.05) is 28.1 Å². The number of hydrogen-bond donors (Lipinski definition) is 1. The van der Waals surface area contributed by atoms with Crippen LogP contribution in [0.3, 0.4) is 0 Å². The third-order valence-electron chi connectivity index (χ3n) is 5.94. The number of rotatable bonds is 5. The van der Waals surface area contributed by atoms with E-state index >= 15 is 0 Å². The Morgan fingerprint density at radius 3 is 2.56 bits per heavy atom. The van der Waals surface area contributed by atoms with Crippen molar-refractivity contribution in [3.05, 3.63) is 81.1 Å². The van der Waals surface area contributed by atoms with Gasteiger partial charge in [0.1, 0.15) is 0 Å². The molecule has 5 nitrogen and oxygen atoms in total. The van der Waals surface area contributed by atoms with Gasteiger partial charge in [0.25, 0.3) is 5.91 Å². The summed E-state index contributed by atoms with van der Waals surface area (Å²) in [5.41, 5.74) is 7.56. The molecule has 2 aromatic carbocycles. The van der Waals surface area contributed by atoms with Crippen molar-refractivity contribution in [2.75, 3.05) is 0 Å². The molecule has 0 fully saturated rings. The Kier molecular flexibility index (Phi) is 6.15. The van der Waals surface area contributed by atoms with Crippen LogP contribution in [-0.4, -0.2) is 20.7 Å². The number of carbonyl (C=O) groups is 1. The van der Waals surface area contributed by atoms with Gasteiger partial charge >= 0.3 is 0 Å². The predicted molar refractivity (Wildman–Crippen MR) is 133 cm³/mol. The van der Waals surface area contributed by atoms with Gasteiger partial charge in [-0.15, -0.1) is 0 Å². The number of nitrogens with zero attached hydrogens (tertiary/aromatic N) is 3. The van der Waals surface area contributed by atoms with Crippen LogP contribution >= 0.6 is 15.9 Å². The quantitative estimate of drug-likeness (QED) is 0.357. The molecule has 164 valence electrons. The first kappa shape index (κ1) is 22.2. The van der Waals surface area contributed by atoms with Gasteiger partial charge < -0.3 is 5.32 Å². The summed E-state index contributed by atoms with van der Waals surface area (Å²) in [4.78, 5) is 18.3. The average molecular weight is 491 g/mol. The van der Waals surface area contributed by atoms with Crippen molar-refractivity contribution in [1.82, 2.24) is 20.1 Å². The van der Waals surface area contributed by atoms with Crippen LogP contribution in [0.4, 0.5) is 0 Å². The molecular weight excluding hydrogens is 464 g/mol. The lowest BCUT2D eigenvalue weighted by atomic mass is 10.00. The Morgan fingerprint density at radius 2 is 1.88 bits per heavy atom. The molecule has 0 saturated heterocycles. The van der Waals surface area contributed by atoms with Crippen LogP contribution < -0.4 is 5.32 Å². The lowest BCUT2D eigenvalue weighted by Crippen LogP contribution is -2.27. The van der Waals surface area contributed by atoms with Crippen LogP contribution in [0.1, 0.15) is 52.6 Å². The number of fused-ring (bicyclic) bond motifs is 1. The fourth-order valence-electron chi connectivity index (χ4n) is 3.91. The van der Waals surface area contributed by atoms with Crippen molar-refractivity contribution in [2.45, 2.75) is 47.2 Å². The molecule has 4 rings (SSSR count). The van der Waals surface area contributed by atoms with Crippen LogP contribution in [0.15, 0.2) is 53.1 Å². The standard InChI is InChI=1S/C26H27BrN4O/c1-6-31-14-23(18(5)30-31)17(4)28-26(32)22-13-25(19-8-7-15(2)16(3)11-19)29-24-10-9-20(27)12-21(22)24/h7-14,17H,6H2,1-5H3,(H,28,32)/t17-/m0/s1. The monoisotopic (exact) mass is 490 g/mol. The maximum Gasteiger partial charge on any atom is 0.252 e. The van der Waals surface area contributed by atoms with E-state index in [1.165, 1.54) is 11.1 Å². The Balaban J connectivity index is 1.77. The number of nitrogens with one attached hydrogen (secondary N) is 1. The van der Waals surface area contributed by atoms with Gasteiger partial charge in [-0.05, 0) is 76.1 Å². The van der Waals surface area contributed by atoms with Gasteiger partial charge in [-0.2, -0.15) is 5.10 Å². The summed E-state index contributed by atoms with van der Waals surface area (Å²) in [6, 6.07) is 13.8. The number of halogens is 1. The van der Waals surface area contributed by atoms with Crippen LogP contribution in [0.2, 0.25) is 0 Å². The van der Waals surface area contributed by atoms with Crippen molar-refractivity contribution in [1.29, 1.82) is 0 Å². The molecule has 4 aromatic rings. The molecule has 0 bridgehead atoms. The fourth-order valence-corrected chi connectivity index (χ4v) is 4.27. The summed E-state index contributed by atoms with van der Waals surface area (Å²) in [5, 5.41) is 8.49. The smallest absolute Gasteiger partial charge is 0.252 e. The highest BCUT2D eigenvalue weighted by atomic mass is 79.9. The molecule has 1 amide bonds. The molecule has 1 atom stereocenters. The van der Waals surface area contributed by atoms with Gasteiger partial charge in [0.05, 0.1) is 28.5 Å². The van der Waals surface area contributed by atoms with Crippen LogP contribution in [0.25, 0.3) is 22.2 Å². The van der Waals surface area contributed by atoms with Crippen molar-refractivity contribution in [3.63, 3.8) is 0 Å². The zero-order valence-corrected chi connectivity index (χ0v) is 20.6. The third kappa shape index (κ3) is 4.32. The zero-order valence-electron chi connectivity index (χ0n) is 19.0. The molecule has 2 aromatic heterocycles. The molecule has 0 aliphatic heterocycles. The van der Waals surface area contributed by atoms with Crippen molar-refractivity contribution in [2.24, 2.45) is 0 Å². The van der Waals surface area contributed by atoms with E-state index in [4.69, 9.17) is 4.98 Å². The van der Waals surface area contributed by atoms with Crippen LogP contribution in [0.5, 0.6) is 0 Å². The number of hydrogen-bond acceptors (Lipinski definition) is 3. The maximum atomic E-state index is 13.5. The molecule has 0 radical (unpaired) electrons. The van der Waals surface area contributed by atoms with E-state index in [0.717, 1.165) is 44.4 Å². The molecular formula is C26H27BrN4O. The van der Waals surface area contributed by atoms with E-state index in [-0.39, 0.29) is 11.9 Å². The van der Waals surface area contributed by atoms with Gasteiger partial charge in [-0.3, -0.25) is 9.48 Å². The Hall–Kier alpha value is -2.99. The molecule has 0 aliphatic carbocycles. The van der Waals surface area contributed by atoms with Gasteiger partial charge in [0, 0.05) is 33.7 Å². The summed E-state index contributed by atoms with van der Waals surface area (Å²) in [5.74, 6) is -0.128. The number of aromatic nitrogens is 3. The van der Waals surface area contributed by atoms with Gasteiger partial charge in [0.15, 0.2) is 0 Å². The zero-order chi connectivity index (χ0) is 23.0. The Morgan fingerprint density at radius 1 is 1.09 bits per heavy atom. The molecule has 0 aliphatic rings. The first-order chi connectivity index (χ1) is 15.3. The third-order valence-corrected chi connectivity index (χ3v) is 6.43. The first-order valence-electron chi connectivity index (χ1n) is 10.8. The second kappa shape index (κ2) is 8.87. The van der Waals surface area contributed by atoms with E-state index < -0.39 is 0 Å². The van der Waals surface area contributed by atoms with Crippen LogP contribution in [-0.2, 0) is 6.54 Å². The van der Waals surface area contributed by atoms with Gasteiger partial charge in [0.2, 0.25) is 0 Å². The number of aryl methyl sites for hydroxylation is 4. The van der Waals surface area contributed by atoms with E-state index in [1.54, 1.807) is 0 Å². The number of amides is 1. The summed E-state index contributed by atoms with van der Waals surface area (Å²) in [6.07, 6.45) is 2.00. The minimum absolute atomic E-state index is 0.128. The predicted octanol–water partition coefficient (Wildman–Crippen LogP) is 6.30. The maximum absolute atomic E-state index is 13.5. The summed E-state index contributed by atoms with van der Waals surface area (Å²) >= 11 is 3.53. The number of benzene rings is 2. The normalized spacial score (nSPS) is 12.2. The number of pyridine rings is 1. The lowest BCUT2D eigenvalue weighted by molar-refractivity contribution is 0.0941. The largest absolute Gasteiger partial charge is 0.345 e. The van der Waals surface area contributed by atoms with Crippen molar-refractivity contribution in [3.8, 4) is 11.3 Å². The average Bonchev–Trinajstić information content (AvgIpc) is 3.15. The minimum Gasteiger partial charge on any atom is -0.345 e. The van der Waals surface area contributed by atoms with Crippen molar-refractivity contribution < 1.29 is 4.79 Å². The SMILES string of the molecule is CCn1cc([C@H](C)NC(=O)c2cc(-c3ccc(C)c(C)c3)nc3ccc(Br)cc23)c(C)n1. The highest BCUT2D eigenvalue weighted by Gasteiger charge is 2.19. The Labute approximate surface area is 197 Å². The number of carbonyl (C=O) groups excluding carboxylic acids is 1. The van der Waals surface area contributed by atoms with E-state index in [1.807, 2.05) is 49.0 Å². The highest BCUT2D eigenvalue weighted by molar-refractivity contribution is 9.10. The first-order valence-corrected chi connectivity index (χ1v) is 11.6. The summed E-state index contributed by atoms with van der Waals surface area (Å²) in [7, 11) is 0. The summed E-state index contributed by atoms with van der Waals surface area (Å²) in [6.45, 7) is 11.0. The fraction of sp³-hybridized carbons (Fsp3) is 0.269. The molecule has 6 heteroatoms. The molecule has 32 heavy (non-hydrogen) atoms. The molecule has 0 spiro atoms. The molecule has 2 heterocycles. The molecule has 0 unspecified atom stereocenters. The van der Waals surface area contributed by atoms with Crippen molar-refractivity contribution >= 4 is 32.7 Å². The molecule has 0 saturated carbocycles. The van der Waals surface area contributed by atoms with Gasteiger partial charge in [-0.25, -0.2) is 4.98 Å². The summed E-state index contributed by atoms with van der Waals surface area (Å²) < 4.78 is 2.80.